The molecule has 0 bridgehead atoms. The topological polar surface area (TPSA) is 76.1 Å². The molecule has 7 heteroatoms. The van der Waals surface area contributed by atoms with Gasteiger partial charge in [-0.2, -0.15) is 0 Å². The molecule has 2 aromatic rings. The van der Waals surface area contributed by atoms with E-state index in [2.05, 4.69) is 20.6 Å². The molecule has 6 nitrogen and oxygen atoms in total. The second kappa shape index (κ2) is 7.72. The van der Waals surface area contributed by atoms with Crippen LogP contribution >= 0.6 is 0 Å². The lowest BCUT2D eigenvalue weighted by Gasteiger charge is -2.28. The van der Waals surface area contributed by atoms with Gasteiger partial charge in [0.15, 0.2) is 0 Å². The van der Waals surface area contributed by atoms with Gasteiger partial charge in [0.2, 0.25) is 0 Å². The number of ether oxygens (including phenoxy) is 1. The summed E-state index contributed by atoms with van der Waals surface area (Å²) in [7, 11) is 0. The summed E-state index contributed by atoms with van der Waals surface area (Å²) in [5, 5.41) is 5.41. The molecule has 1 heterocycles. The minimum absolute atomic E-state index is 0.0494. The first-order valence-corrected chi connectivity index (χ1v) is 7.96. The lowest BCUT2D eigenvalue weighted by molar-refractivity contribution is 0.129. The molecule has 2 N–H and O–H groups in total. The first-order valence-electron chi connectivity index (χ1n) is 7.96. The van der Waals surface area contributed by atoms with Crippen molar-refractivity contribution in [2.45, 2.75) is 37.8 Å². The number of amides is 2. The van der Waals surface area contributed by atoms with Crippen molar-refractivity contribution >= 4 is 11.7 Å². The fraction of sp³-hybridized carbons (Fsp3) is 0.353. The zero-order valence-electron chi connectivity index (χ0n) is 13.1. The van der Waals surface area contributed by atoms with Crippen molar-refractivity contribution in [3.8, 4) is 6.01 Å². The molecule has 24 heavy (non-hydrogen) atoms. The third kappa shape index (κ3) is 4.41. The molecule has 3 rings (SSSR count). The minimum Gasteiger partial charge on any atom is -0.460 e. The van der Waals surface area contributed by atoms with E-state index < -0.39 is 11.8 Å². The van der Waals surface area contributed by atoms with Gasteiger partial charge in [-0.25, -0.2) is 19.2 Å². The van der Waals surface area contributed by atoms with E-state index in [9.17, 15) is 9.18 Å². The number of nitrogens with one attached hydrogen (secondary N) is 2. The van der Waals surface area contributed by atoms with E-state index >= 15 is 0 Å². The number of carbonyl (C=O) groups is 1. The molecule has 2 amide bonds. The Balaban J connectivity index is 1.43. The van der Waals surface area contributed by atoms with Crippen LogP contribution in [0.15, 0.2) is 42.7 Å². The Morgan fingerprint density at radius 3 is 2.50 bits per heavy atom. The lowest BCUT2D eigenvalue weighted by Crippen LogP contribution is -2.41. The molecule has 0 saturated heterocycles. The largest absolute Gasteiger partial charge is 0.460 e. The van der Waals surface area contributed by atoms with Gasteiger partial charge in [0.1, 0.15) is 11.9 Å². The van der Waals surface area contributed by atoms with Crippen molar-refractivity contribution in [1.29, 1.82) is 0 Å². The van der Waals surface area contributed by atoms with Crippen LogP contribution in [0.3, 0.4) is 0 Å². The fourth-order valence-corrected chi connectivity index (χ4v) is 2.73. The number of benzene rings is 1. The zero-order valence-corrected chi connectivity index (χ0v) is 13.1. The van der Waals surface area contributed by atoms with E-state index in [-0.39, 0.29) is 17.8 Å². The second-order valence-corrected chi connectivity index (χ2v) is 5.70. The normalized spacial score (nSPS) is 20.2. The van der Waals surface area contributed by atoms with E-state index in [1.54, 1.807) is 30.6 Å². The van der Waals surface area contributed by atoms with Gasteiger partial charge in [-0.05, 0) is 43.9 Å². The Morgan fingerprint density at radius 2 is 1.79 bits per heavy atom. The van der Waals surface area contributed by atoms with Crippen molar-refractivity contribution < 1.29 is 13.9 Å². The number of anilines is 1. The zero-order chi connectivity index (χ0) is 16.8. The Hall–Kier alpha value is -2.70. The summed E-state index contributed by atoms with van der Waals surface area (Å²) in [4.78, 5) is 20.1. The van der Waals surface area contributed by atoms with Crippen LogP contribution in [0.5, 0.6) is 6.01 Å². The van der Waals surface area contributed by atoms with Crippen molar-refractivity contribution in [2.75, 3.05) is 5.32 Å². The van der Waals surface area contributed by atoms with Gasteiger partial charge in [-0.1, -0.05) is 12.1 Å². The Labute approximate surface area is 139 Å². The first kappa shape index (κ1) is 16.2. The van der Waals surface area contributed by atoms with E-state index in [1.807, 2.05) is 0 Å². The maximum atomic E-state index is 13.5. The van der Waals surface area contributed by atoms with E-state index in [0.717, 1.165) is 25.7 Å². The highest BCUT2D eigenvalue weighted by Crippen LogP contribution is 2.22. The van der Waals surface area contributed by atoms with E-state index in [0.29, 0.717) is 6.01 Å². The molecule has 1 aliphatic rings. The number of urea groups is 1. The van der Waals surface area contributed by atoms with Crippen LogP contribution in [0.4, 0.5) is 14.9 Å². The number of aromatic nitrogens is 2. The lowest BCUT2D eigenvalue weighted by atomic mass is 9.93. The summed E-state index contributed by atoms with van der Waals surface area (Å²) in [6.45, 7) is 0. The SMILES string of the molecule is O=C(Nc1ccccc1F)NC1CCC(Oc2ncccn2)CC1. The van der Waals surface area contributed by atoms with Crippen LogP contribution in [-0.4, -0.2) is 28.1 Å². The van der Waals surface area contributed by atoms with Crippen LogP contribution < -0.4 is 15.4 Å². The van der Waals surface area contributed by atoms with Crippen molar-refractivity contribution in [1.82, 2.24) is 15.3 Å². The maximum Gasteiger partial charge on any atom is 0.319 e. The molecule has 0 radical (unpaired) electrons. The Bertz CT molecular complexity index is 675. The van der Waals surface area contributed by atoms with Gasteiger partial charge in [-0.15, -0.1) is 0 Å². The van der Waals surface area contributed by atoms with Gasteiger partial charge in [0, 0.05) is 18.4 Å². The summed E-state index contributed by atoms with van der Waals surface area (Å²) in [6.07, 6.45) is 6.54. The highest BCUT2D eigenvalue weighted by Gasteiger charge is 2.24. The molecule has 126 valence electrons. The van der Waals surface area contributed by atoms with E-state index in [1.165, 1.54) is 12.1 Å². The van der Waals surface area contributed by atoms with Crippen molar-refractivity contribution in [2.24, 2.45) is 0 Å². The third-order valence-corrected chi connectivity index (χ3v) is 3.95. The standard InChI is InChI=1S/C17H19FN4O2/c18-14-4-1-2-5-15(14)22-16(23)21-12-6-8-13(9-7-12)24-17-19-10-3-11-20-17/h1-5,10-13H,6-9H2,(H2,21,22,23). The van der Waals surface area contributed by atoms with Crippen LogP contribution in [0.1, 0.15) is 25.7 Å². The average molecular weight is 330 g/mol. The monoisotopic (exact) mass is 330 g/mol. The van der Waals surface area contributed by atoms with Gasteiger partial charge >= 0.3 is 12.0 Å². The van der Waals surface area contributed by atoms with Gasteiger partial charge in [0.25, 0.3) is 0 Å². The molecule has 1 aromatic heterocycles. The molecule has 0 spiro atoms. The predicted molar refractivity (Wildman–Crippen MR) is 87.3 cm³/mol. The number of carbonyl (C=O) groups excluding carboxylic acids is 1. The predicted octanol–water partition coefficient (Wildman–Crippen LogP) is 3.13. The molecule has 1 aromatic carbocycles. The number of hydrogen-bond donors (Lipinski definition) is 2. The van der Waals surface area contributed by atoms with Gasteiger partial charge in [-0.3, -0.25) is 0 Å². The maximum absolute atomic E-state index is 13.5. The number of hydrogen-bond acceptors (Lipinski definition) is 4. The summed E-state index contributed by atoms with van der Waals surface area (Å²) in [6, 6.07) is 7.86. The highest BCUT2D eigenvalue weighted by atomic mass is 19.1. The third-order valence-electron chi connectivity index (χ3n) is 3.95. The van der Waals surface area contributed by atoms with Crippen molar-refractivity contribution in [3.63, 3.8) is 0 Å². The molecule has 0 aliphatic heterocycles. The highest BCUT2D eigenvalue weighted by molar-refractivity contribution is 5.89. The summed E-state index contributed by atoms with van der Waals surface area (Å²) in [5.41, 5.74) is 0.174. The fourth-order valence-electron chi connectivity index (χ4n) is 2.73. The summed E-state index contributed by atoms with van der Waals surface area (Å²) >= 11 is 0. The van der Waals surface area contributed by atoms with Crippen LogP contribution in [0, 0.1) is 5.82 Å². The van der Waals surface area contributed by atoms with Crippen molar-refractivity contribution in [3.05, 3.63) is 48.5 Å². The quantitative estimate of drug-likeness (QED) is 0.903. The van der Waals surface area contributed by atoms with E-state index in [4.69, 9.17) is 4.74 Å². The number of para-hydroxylation sites is 1. The van der Waals surface area contributed by atoms with Crippen LogP contribution in [0.25, 0.3) is 0 Å². The van der Waals surface area contributed by atoms with Crippen LogP contribution in [-0.2, 0) is 0 Å². The summed E-state index contributed by atoms with van der Waals surface area (Å²) in [5.74, 6) is -0.451. The molecule has 0 unspecified atom stereocenters. The molecule has 1 fully saturated rings. The molecule has 1 saturated carbocycles. The van der Waals surface area contributed by atoms with Gasteiger partial charge < -0.3 is 15.4 Å². The minimum atomic E-state index is -0.451. The van der Waals surface area contributed by atoms with Crippen LogP contribution in [0.2, 0.25) is 0 Å². The first-order chi connectivity index (χ1) is 11.7. The Morgan fingerprint density at radius 1 is 1.08 bits per heavy atom. The Kier molecular flexibility index (Phi) is 5.20. The number of halogens is 1. The van der Waals surface area contributed by atoms with Gasteiger partial charge in [0.05, 0.1) is 5.69 Å². The molecule has 0 atom stereocenters. The molecule has 1 aliphatic carbocycles. The summed E-state index contributed by atoms with van der Waals surface area (Å²) < 4.78 is 19.2. The molecular weight excluding hydrogens is 311 g/mol. The smallest absolute Gasteiger partial charge is 0.319 e. The number of rotatable bonds is 4. The second-order valence-electron chi connectivity index (χ2n) is 5.70. The number of nitrogens with zero attached hydrogens (tertiary/aromatic N) is 2. The average Bonchev–Trinajstić information content (AvgIpc) is 2.60. The molecular formula is C17H19FN4O2.